The first-order valence-corrected chi connectivity index (χ1v) is 7.50. The van der Waals surface area contributed by atoms with Crippen molar-refractivity contribution in [1.82, 2.24) is 4.98 Å². The molecule has 1 heterocycles. The molecule has 5 nitrogen and oxygen atoms in total. The van der Waals surface area contributed by atoms with Crippen LogP contribution in [0.4, 0.5) is 14.5 Å². The minimum atomic E-state index is -4.26. The predicted octanol–water partition coefficient (Wildman–Crippen LogP) is 2.76. The molecule has 0 bridgehead atoms. The molecule has 112 valence electrons. The van der Waals surface area contributed by atoms with Gasteiger partial charge in [0.2, 0.25) is 0 Å². The highest BCUT2D eigenvalue weighted by Gasteiger charge is 2.20. The monoisotopic (exact) mass is 354 g/mol. The number of hydrogen-bond donors (Lipinski definition) is 2. The Morgan fingerprint density at radius 1 is 1.10 bits per heavy atom. The van der Waals surface area contributed by atoms with Crippen LogP contribution < -0.4 is 10.3 Å². The Labute approximate surface area is 127 Å². The lowest BCUT2D eigenvalue weighted by molar-refractivity contribution is 0.583. The molecule has 2 aromatic rings. The molecule has 1 aromatic carbocycles. The fourth-order valence-corrected chi connectivity index (χ4v) is 3.04. The van der Waals surface area contributed by atoms with E-state index in [1.54, 1.807) is 0 Å². The zero-order valence-corrected chi connectivity index (χ0v) is 12.3. The van der Waals surface area contributed by atoms with E-state index >= 15 is 0 Å². The third-order valence-corrected chi connectivity index (χ3v) is 4.29. The van der Waals surface area contributed by atoms with Gasteiger partial charge in [-0.15, -0.1) is 0 Å². The summed E-state index contributed by atoms with van der Waals surface area (Å²) in [5, 5.41) is -0.810. The van der Waals surface area contributed by atoms with Gasteiger partial charge in [0.05, 0.1) is 5.02 Å². The van der Waals surface area contributed by atoms with Crippen LogP contribution in [0.15, 0.2) is 34.1 Å². The fraction of sp³-hybridized carbons (Fsp3) is 0. The van der Waals surface area contributed by atoms with Crippen LogP contribution in [0.25, 0.3) is 0 Å². The third-order valence-electron chi connectivity index (χ3n) is 2.39. The molecule has 0 atom stereocenters. The van der Waals surface area contributed by atoms with Gasteiger partial charge in [-0.3, -0.25) is 9.52 Å². The SMILES string of the molecule is O=c1[nH]cc(S(=O)(=O)Nc2c(F)cc(F)cc2Cl)cc1Cl. The number of rotatable bonds is 3. The van der Waals surface area contributed by atoms with Crippen molar-refractivity contribution in [2.75, 3.05) is 4.72 Å². The van der Waals surface area contributed by atoms with Crippen molar-refractivity contribution >= 4 is 38.9 Å². The number of H-pyrrole nitrogens is 1. The Morgan fingerprint density at radius 2 is 1.76 bits per heavy atom. The van der Waals surface area contributed by atoms with Crippen molar-refractivity contribution in [3.63, 3.8) is 0 Å². The molecule has 0 amide bonds. The van der Waals surface area contributed by atoms with Crippen molar-refractivity contribution in [2.45, 2.75) is 4.90 Å². The first kappa shape index (κ1) is 15.7. The van der Waals surface area contributed by atoms with Crippen LogP contribution >= 0.6 is 23.2 Å². The summed E-state index contributed by atoms with van der Waals surface area (Å²) in [5.74, 6) is -2.13. The summed E-state index contributed by atoms with van der Waals surface area (Å²) in [7, 11) is -4.26. The minimum Gasteiger partial charge on any atom is -0.326 e. The summed E-state index contributed by atoms with van der Waals surface area (Å²) >= 11 is 11.1. The van der Waals surface area contributed by atoms with Crippen LogP contribution in [0, 0.1) is 11.6 Å². The zero-order valence-electron chi connectivity index (χ0n) is 9.95. The first-order chi connectivity index (χ1) is 9.70. The second-order valence-corrected chi connectivity index (χ2v) is 6.36. The van der Waals surface area contributed by atoms with E-state index in [9.17, 15) is 22.0 Å². The molecule has 21 heavy (non-hydrogen) atoms. The summed E-state index contributed by atoms with van der Waals surface area (Å²) in [6, 6.07) is 2.12. The van der Waals surface area contributed by atoms with E-state index in [1.165, 1.54) is 0 Å². The van der Waals surface area contributed by atoms with Gasteiger partial charge in [-0.25, -0.2) is 17.2 Å². The maximum atomic E-state index is 13.6. The Kier molecular flexibility index (Phi) is 4.22. The lowest BCUT2D eigenvalue weighted by Crippen LogP contribution is -2.17. The van der Waals surface area contributed by atoms with Gasteiger partial charge in [0.25, 0.3) is 15.6 Å². The van der Waals surface area contributed by atoms with E-state index < -0.39 is 42.8 Å². The fourth-order valence-electron chi connectivity index (χ4n) is 1.43. The molecule has 0 aliphatic heterocycles. The quantitative estimate of drug-likeness (QED) is 0.889. The molecule has 0 aliphatic rings. The highest BCUT2D eigenvalue weighted by atomic mass is 35.5. The molecule has 0 unspecified atom stereocenters. The highest BCUT2D eigenvalue weighted by Crippen LogP contribution is 2.28. The van der Waals surface area contributed by atoms with Gasteiger partial charge < -0.3 is 4.98 Å². The van der Waals surface area contributed by atoms with E-state index in [0.717, 1.165) is 18.3 Å². The van der Waals surface area contributed by atoms with Gasteiger partial charge >= 0.3 is 0 Å². The Morgan fingerprint density at radius 3 is 2.33 bits per heavy atom. The average Bonchev–Trinajstić information content (AvgIpc) is 2.37. The Hall–Kier alpha value is -1.64. The Bertz CT molecular complexity index is 845. The van der Waals surface area contributed by atoms with Crippen LogP contribution in [-0.2, 0) is 10.0 Å². The lowest BCUT2D eigenvalue weighted by Gasteiger charge is -2.10. The van der Waals surface area contributed by atoms with Crippen LogP contribution in [-0.4, -0.2) is 13.4 Å². The van der Waals surface area contributed by atoms with Crippen molar-refractivity contribution in [2.24, 2.45) is 0 Å². The number of hydrogen-bond acceptors (Lipinski definition) is 3. The third kappa shape index (κ3) is 3.34. The van der Waals surface area contributed by atoms with Crippen molar-refractivity contribution in [3.05, 3.63) is 56.4 Å². The van der Waals surface area contributed by atoms with Crippen LogP contribution in [0.3, 0.4) is 0 Å². The number of sulfonamides is 1. The van der Waals surface area contributed by atoms with Gasteiger partial charge in [0, 0.05) is 12.3 Å². The molecule has 0 saturated heterocycles. The number of halogens is 4. The van der Waals surface area contributed by atoms with Crippen molar-refractivity contribution < 1.29 is 17.2 Å². The minimum absolute atomic E-state index is 0.358. The standard InChI is InChI=1S/C11H6Cl2F2N2O3S/c12-7-1-5(14)2-9(15)10(7)17-21(19,20)6-3-8(13)11(18)16-4-6/h1-4,17H,(H,16,18). The van der Waals surface area contributed by atoms with Crippen LogP contribution in [0.2, 0.25) is 10.0 Å². The number of aromatic amines is 1. The van der Waals surface area contributed by atoms with Crippen molar-refractivity contribution in [1.29, 1.82) is 0 Å². The predicted molar refractivity (Wildman–Crippen MR) is 74.2 cm³/mol. The summed E-state index contributed by atoms with van der Waals surface area (Å²) in [4.78, 5) is 12.8. The van der Waals surface area contributed by atoms with Crippen LogP contribution in [0.5, 0.6) is 0 Å². The summed E-state index contributed by atoms with van der Waals surface area (Å²) in [5.41, 5.74) is -1.29. The second kappa shape index (κ2) is 5.63. The molecule has 2 N–H and O–H groups in total. The molecule has 0 spiro atoms. The van der Waals surface area contributed by atoms with E-state index in [0.29, 0.717) is 6.07 Å². The molecule has 1 aromatic heterocycles. The van der Waals surface area contributed by atoms with E-state index in [2.05, 4.69) is 4.98 Å². The number of nitrogens with one attached hydrogen (secondary N) is 2. The molecule has 10 heteroatoms. The van der Waals surface area contributed by atoms with Crippen molar-refractivity contribution in [3.8, 4) is 0 Å². The number of aromatic nitrogens is 1. The second-order valence-electron chi connectivity index (χ2n) is 3.86. The summed E-state index contributed by atoms with van der Waals surface area (Å²) in [6.45, 7) is 0. The first-order valence-electron chi connectivity index (χ1n) is 5.26. The van der Waals surface area contributed by atoms with Gasteiger partial charge in [-0.2, -0.15) is 0 Å². The average molecular weight is 355 g/mol. The molecule has 0 fully saturated rings. The Balaban J connectivity index is 2.47. The topological polar surface area (TPSA) is 79.0 Å². The molecular weight excluding hydrogens is 349 g/mol. The zero-order chi connectivity index (χ0) is 15.8. The maximum Gasteiger partial charge on any atom is 0.266 e. The number of anilines is 1. The molecule has 0 aliphatic carbocycles. The molecule has 2 rings (SSSR count). The largest absolute Gasteiger partial charge is 0.326 e. The van der Waals surface area contributed by atoms with Gasteiger partial charge in [-0.05, 0) is 12.1 Å². The van der Waals surface area contributed by atoms with E-state index in [1.807, 2.05) is 4.72 Å². The smallest absolute Gasteiger partial charge is 0.266 e. The highest BCUT2D eigenvalue weighted by molar-refractivity contribution is 7.92. The normalized spacial score (nSPS) is 11.4. The lowest BCUT2D eigenvalue weighted by atomic mass is 10.3. The van der Waals surface area contributed by atoms with Gasteiger partial charge in [-0.1, -0.05) is 23.2 Å². The van der Waals surface area contributed by atoms with E-state index in [4.69, 9.17) is 23.2 Å². The molecular formula is C11H6Cl2F2N2O3S. The summed E-state index contributed by atoms with van der Waals surface area (Å²) in [6.07, 6.45) is 0.881. The number of benzene rings is 1. The molecule has 0 saturated carbocycles. The van der Waals surface area contributed by atoms with Crippen LogP contribution in [0.1, 0.15) is 0 Å². The van der Waals surface area contributed by atoms with Gasteiger partial charge in [0.15, 0.2) is 5.82 Å². The number of pyridine rings is 1. The van der Waals surface area contributed by atoms with Gasteiger partial charge in [0.1, 0.15) is 21.4 Å². The molecule has 0 radical (unpaired) electrons. The maximum absolute atomic E-state index is 13.6. The summed E-state index contributed by atoms with van der Waals surface area (Å²) < 4.78 is 52.4. The van der Waals surface area contributed by atoms with E-state index in [-0.39, 0.29) is 5.02 Å².